The highest BCUT2D eigenvalue weighted by Crippen LogP contribution is 2.27. The van der Waals surface area contributed by atoms with Gasteiger partial charge in [0.2, 0.25) is 5.91 Å². The standard InChI is InChI=1S/C18H23N5O/c19-10-16-3-1-7-22(16)13-14-5-6-15(9-14)21-12-18(24)23-8-2-4-17(23)11-20/h1,3,7,14-15,17,21H,2,4-6,8-9,12-13H2/t14?,15-,17+/m1/s1. The SMILES string of the molecule is N#Cc1cccn1CC1CC[C@@H](NCC(=O)N2CCC[C@H]2C#N)C1. The molecule has 3 rings (SSSR count). The first-order valence-corrected chi connectivity index (χ1v) is 8.69. The quantitative estimate of drug-likeness (QED) is 0.891. The van der Waals surface area contributed by atoms with E-state index in [2.05, 4.69) is 17.5 Å². The molecule has 1 saturated carbocycles. The van der Waals surface area contributed by atoms with E-state index in [4.69, 9.17) is 10.5 Å². The summed E-state index contributed by atoms with van der Waals surface area (Å²) < 4.78 is 2.01. The number of nitriles is 2. The second-order valence-electron chi connectivity index (χ2n) is 6.79. The molecule has 1 saturated heterocycles. The van der Waals surface area contributed by atoms with Crippen molar-refractivity contribution >= 4 is 5.91 Å². The maximum Gasteiger partial charge on any atom is 0.237 e. The predicted octanol–water partition coefficient (Wildman–Crippen LogP) is 1.63. The van der Waals surface area contributed by atoms with Crippen molar-refractivity contribution in [2.24, 2.45) is 5.92 Å². The van der Waals surface area contributed by atoms with E-state index in [1.165, 1.54) is 0 Å². The molecule has 1 aromatic heterocycles. The van der Waals surface area contributed by atoms with Gasteiger partial charge in [-0.2, -0.15) is 10.5 Å². The van der Waals surface area contributed by atoms with E-state index in [1.807, 2.05) is 22.9 Å². The Kier molecular flexibility index (Phi) is 5.17. The van der Waals surface area contributed by atoms with E-state index < -0.39 is 0 Å². The third-order valence-corrected chi connectivity index (χ3v) is 5.20. The summed E-state index contributed by atoms with van der Waals surface area (Å²) in [6.07, 6.45) is 6.87. The van der Waals surface area contributed by atoms with Crippen LogP contribution in [-0.4, -0.2) is 40.5 Å². The van der Waals surface area contributed by atoms with Crippen LogP contribution in [0, 0.1) is 28.6 Å². The van der Waals surface area contributed by atoms with Gasteiger partial charge < -0.3 is 14.8 Å². The van der Waals surface area contributed by atoms with Crippen molar-refractivity contribution in [3.05, 3.63) is 24.0 Å². The lowest BCUT2D eigenvalue weighted by molar-refractivity contribution is -0.130. The van der Waals surface area contributed by atoms with E-state index in [9.17, 15) is 4.79 Å². The van der Waals surface area contributed by atoms with Gasteiger partial charge in [0, 0.05) is 25.3 Å². The topological polar surface area (TPSA) is 84.8 Å². The Labute approximate surface area is 142 Å². The zero-order chi connectivity index (χ0) is 16.9. The monoisotopic (exact) mass is 325 g/mol. The van der Waals surface area contributed by atoms with Crippen LogP contribution in [0.2, 0.25) is 0 Å². The third-order valence-electron chi connectivity index (χ3n) is 5.20. The molecule has 6 heteroatoms. The molecule has 6 nitrogen and oxygen atoms in total. The van der Waals surface area contributed by atoms with Gasteiger partial charge in [0.25, 0.3) is 0 Å². The van der Waals surface area contributed by atoms with E-state index >= 15 is 0 Å². The van der Waals surface area contributed by atoms with Crippen LogP contribution in [0.3, 0.4) is 0 Å². The molecule has 1 unspecified atom stereocenters. The fourth-order valence-electron chi connectivity index (χ4n) is 3.91. The lowest BCUT2D eigenvalue weighted by Crippen LogP contribution is -2.42. The van der Waals surface area contributed by atoms with Crippen molar-refractivity contribution < 1.29 is 4.79 Å². The van der Waals surface area contributed by atoms with Gasteiger partial charge in [0.1, 0.15) is 17.8 Å². The number of hydrogen-bond acceptors (Lipinski definition) is 4. The summed E-state index contributed by atoms with van der Waals surface area (Å²) in [5, 5.41) is 21.5. The Hall–Kier alpha value is -2.31. The lowest BCUT2D eigenvalue weighted by Gasteiger charge is -2.21. The molecule has 0 bridgehead atoms. The second kappa shape index (κ2) is 7.51. The van der Waals surface area contributed by atoms with Crippen LogP contribution in [-0.2, 0) is 11.3 Å². The molecular weight excluding hydrogens is 302 g/mol. The van der Waals surface area contributed by atoms with Gasteiger partial charge in [-0.3, -0.25) is 4.79 Å². The van der Waals surface area contributed by atoms with Crippen LogP contribution in [0.5, 0.6) is 0 Å². The van der Waals surface area contributed by atoms with Crippen LogP contribution >= 0.6 is 0 Å². The fourth-order valence-corrected chi connectivity index (χ4v) is 3.91. The summed E-state index contributed by atoms with van der Waals surface area (Å²) in [6.45, 7) is 1.89. The Morgan fingerprint density at radius 2 is 2.21 bits per heavy atom. The molecule has 2 fully saturated rings. The van der Waals surface area contributed by atoms with E-state index in [1.54, 1.807) is 4.90 Å². The normalized spacial score (nSPS) is 26.2. The van der Waals surface area contributed by atoms with Gasteiger partial charge in [-0.05, 0) is 50.2 Å². The van der Waals surface area contributed by atoms with Crippen molar-refractivity contribution in [1.29, 1.82) is 10.5 Å². The first kappa shape index (κ1) is 16.5. The van der Waals surface area contributed by atoms with E-state index in [0.717, 1.165) is 38.6 Å². The number of likely N-dealkylation sites (tertiary alicyclic amines) is 1. The Morgan fingerprint density at radius 3 is 3.00 bits per heavy atom. The van der Waals surface area contributed by atoms with Crippen molar-refractivity contribution in [2.75, 3.05) is 13.1 Å². The summed E-state index contributed by atoms with van der Waals surface area (Å²) >= 11 is 0. The molecule has 1 aliphatic carbocycles. The zero-order valence-electron chi connectivity index (χ0n) is 13.8. The molecule has 126 valence electrons. The summed E-state index contributed by atoms with van der Waals surface area (Å²) in [4.78, 5) is 14.0. The van der Waals surface area contributed by atoms with E-state index in [0.29, 0.717) is 30.7 Å². The van der Waals surface area contributed by atoms with Gasteiger partial charge in [0.05, 0.1) is 12.6 Å². The Morgan fingerprint density at radius 1 is 1.33 bits per heavy atom. The van der Waals surface area contributed by atoms with Crippen molar-refractivity contribution in [3.8, 4) is 12.1 Å². The van der Waals surface area contributed by atoms with Crippen LogP contribution < -0.4 is 5.32 Å². The van der Waals surface area contributed by atoms with Gasteiger partial charge in [-0.1, -0.05) is 0 Å². The van der Waals surface area contributed by atoms with Gasteiger partial charge in [-0.25, -0.2) is 0 Å². The number of nitrogens with zero attached hydrogens (tertiary/aromatic N) is 4. The van der Waals surface area contributed by atoms with Gasteiger partial charge in [0.15, 0.2) is 0 Å². The largest absolute Gasteiger partial charge is 0.339 e. The Balaban J connectivity index is 1.44. The van der Waals surface area contributed by atoms with Crippen LogP contribution in [0.25, 0.3) is 0 Å². The molecule has 2 aliphatic rings. The molecule has 0 spiro atoms. The number of aromatic nitrogens is 1. The molecule has 1 amide bonds. The number of carbonyl (C=O) groups excluding carboxylic acids is 1. The lowest BCUT2D eigenvalue weighted by atomic mass is 10.1. The molecule has 24 heavy (non-hydrogen) atoms. The average Bonchev–Trinajstić information content (AvgIpc) is 3.33. The summed E-state index contributed by atoms with van der Waals surface area (Å²) in [5.74, 6) is 0.579. The number of nitrogens with one attached hydrogen (secondary N) is 1. The highest BCUT2D eigenvalue weighted by atomic mass is 16.2. The first-order chi connectivity index (χ1) is 11.7. The Bertz CT molecular complexity index is 668. The number of rotatable bonds is 5. The van der Waals surface area contributed by atoms with E-state index in [-0.39, 0.29) is 11.9 Å². The number of carbonyl (C=O) groups is 1. The average molecular weight is 325 g/mol. The van der Waals surface area contributed by atoms with Gasteiger partial charge in [-0.15, -0.1) is 0 Å². The number of hydrogen-bond donors (Lipinski definition) is 1. The zero-order valence-corrected chi connectivity index (χ0v) is 13.8. The smallest absolute Gasteiger partial charge is 0.237 e. The third kappa shape index (κ3) is 3.60. The molecule has 0 radical (unpaired) electrons. The van der Waals surface area contributed by atoms with Crippen LogP contribution in [0.1, 0.15) is 37.8 Å². The minimum Gasteiger partial charge on any atom is -0.339 e. The molecule has 1 aliphatic heterocycles. The highest BCUT2D eigenvalue weighted by Gasteiger charge is 2.30. The molecule has 1 aromatic rings. The van der Waals surface area contributed by atoms with Crippen molar-refractivity contribution in [1.82, 2.24) is 14.8 Å². The fraction of sp³-hybridized carbons (Fsp3) is 0.611. The van der Waals surface area contributed by atoms with Gasteiger partial charge >= 0.3 is 0 Å². The second-order valence-corrected chi connectivity index (χ2v) is 6.79. The first-order valence-electron chi connectivity index (χ1n) is 8.69. The minimum atomic E-state index is -0.242. The summed E-state index contributed by atoms with van der Waals surface area (Å²) in [6, 6.07) is 8.28. The highest BCUT2D eigenvalue weighted by molar-refractivity contribution is 5.79. The molecule has 0 aromatic carbocycles. The van der Waals surface area contributed by atoms with Crippen molar-refractivity contribution in [3.63, 3.8) is 0 Å². The maximum atomic E-state index is 12.3. The summed E-state index contributed by atoms with van der Waals surface area (Å²) in [7, 11) is 0. The predicted molar refractivity (Wildman–Crippen MR) is 88.6 cm³/mol. The minimum absolute atomic E-state index is 0.0414. The molecule has 2 heterocycles. The summed E-state index contributed by atoms with van der Waals surface area (Å²) in [5.41, 5.74) is 0.707. The molecular formula is C18H23N5O. The van der Waals surface area contributed by atoms with Crippen LogP contribution in [0.4, 0.5) is 0 Å². The molecule has 3 atom stereocenters. The van der Waals surface area contributed by atoms with Crippen LogP contribution in [0.15, 0.2) is 18.3 Å². The van der Waals surface area contributed by atoms with Crippen molar-refractivity contribution in [2.45, 2.75) is 50.7 Å². The number of amides is 1. The maximum absolute atomic E-state index is 12.3. The molecule has 1 N–H and O–H groups in total.